The molecule has 1 atom stereocenters. The molecule has 0 radical (unpaired) electrons. The second-order valence-corrected chi connectivity index (χ2v) is 7.00. The molecule has 2 aromatic carbocycles. The normalized spacial score (nSPS) is 12.2. The van der Waals surface area contributed by atoms with Gasteiger partial charge in [0, 0.05) is 16.0 Å². The van der Waals surface area contributed by atoms with Crippen LogP contribution in [0.15, 0.2) is 53.0 Å². The third kappa shape index (κ3) is 5.98. The van der Waals surface area contributed by atoms with Crippen molar-refractivity contribution in [1.29, 1.82) is 0 Å². The van der Waals surface area contributed by atoms with E-state index in [4.69, 9.17) is 11.6 Å². The van der Waals surface area contributed by atoms with Crippen LogP contribution in [0.2, 0.25) is 5.02 Å². The van der Waals surface area contributed by atoms with E-state index in [2.05, 4.69) is 21.2 Å². The zero-order valence-electron chi connectivity index (χ0n) is 13.2. The Morgan fingerprint density at radius 3 is 2.61 bits per heavy atom. The fraction of sp³-hybridized carbons (Fsp3) is 0.278. The van der Waals surface area contributed by atoms with E-state index in [1.165, 1.54) is 0 Å². The summed E-state index contributed by atoms with van der Waals surface area (Å²) in [7, 11) is 1.92. The standard InChI is InChI=1S/C18H20BrClN2O/c1-13(15-6-8-16(19)9-7-15)21-18(23)12-22(2)11-14-4-3-5-17(20)10-14/h3-10,13H,11-12H2,1-2H3,(H,21,23). The highest BCUT2D eigenvalue weighted by molar-refractivity contribution is 9.10. The van der Waals surface area contributed by atoms with E-state index in [-0.39, 0.29) is 11.9 Å². The first-order valence-electron chi connectivity index (χ1n) is 7.42. The van der Waals surface area contributed by atoms with Crippen LogP contribution in [0.4, 0.5) is 0 Å². The maximum Gasteiger partial charge on any atom is 0.234 e. The molecule has 5 heteroatoms. The molecule has 0 spiro atoms. The van der Waals surface area contributed by atoms with Crippen LogP contribution in [0.3, 0.4) is 0 Å². The van der Waals surface area contributed by atoms with Crippen LogP contribution in [-0.2, 0) is 11.3 Å². The molecule has 1 amide bonds. The minimum atomic E-state index is -0.0184. The molecule has 2 rings (SSSR count). The topological polar surface area (TPSA) is 32.3 Å². The van der Waals surface area contributed by atoms with E-state index in [1.807, 2.05) is 67.4 Å². The predicted octanol–water partition coefficient (Wildman–Crippen LogP) is 4.41. The molecular weight excluding hydrogens is 376 g/mol. The third-order valence-electron chi connectivity index (χ3n) is 3.50. The number of carbonyl (C=O) groups excluding carboxylic acids is 1. The molecule has 2 aromatic rings. The van der Waals surface area contributed by atoms with E-state index in [1.54, 1.807) is 0 Å². The van der Waals surface area contributed by atoms with Gasteiger partial charge in [-0.2, -0.15) is 0 Å². The SMILES string of the molecule is CC(NC(=O)CN(C)Cc1cccc(Cl)c1)c1ccc(Br)cc1. The average molecular weight is 396 g/mol. The van der Waals surface area contributed by atoms with Crippen LogP contribution in [0.5, 0.6) is 0 Å². The molecule has 0 aliphatic carbocycles. The zero-order valence-corrected chi connectivity index (χ0v) is 15.6. The first kappa shape index (κ1) is 18.0. The molecule has 0 heterocycles. The molecule has 1 N–H and O–H groups in total. The Morgan fingerprint density at radius 1 is 1.26 bits per heavy atom. The monoisotopic (exact) mass is 394 g/mol. The highest BCUT2D eigenvalue weighted by Crippen LogP contribution is 2.16. The molecule has 0 aliphatic rings. The van der Waals surface area contributed by atoms with Gasteiger partial charge in [-0.3, -0.25) is 9.69 Å². The van der Waals surface area contributed by atoms with E-state index in [9.17, 15) is 4.79 Å². The smallest absolute Gasteiger partial charge is 0.234 e. The van der Waals surface area contributed by atoms with Gasteiger partial charge in [0.15, 0.2) is 0 Å². The van der Waals surface area contributed by atoms with E-state index < -0.39 is 0 Å². The number of carbonyl (C=O) groups is 1. The molecule has 0 aromatic heterocycles. The van der Waals surface area contributed by atoms with Crippen LogP contribution in [0, 0.1) is 0 Å². The summed E-state index contributed by atoms with van der Waals surface area (Å²) in [5, 5.41) is 3.73. The molecule has 0 aliphatic heterocycles. The summed E-state index contributed by atoms with van der Waals surface area (Å²) in [5.74, 6) is 0.00458. The molecule has 23 heavy (non-hydrogen) atoms. The fourth-order valence-electron chi connectivity index (χ4n) is 2.37. The van der Waals surface area contributed by atoms with Gasteiger partial charge < -0.3 is 5.32 Å². The number of nitrogens with zero attached hydrogens (tertiary/aromatic N) is 1. The van der Waals surface area contributed by atoms with Gasteiger partial charge in [0.05, 0.1) is 12.6 Å². The molecule has 0 bridgehead atoms. The summed E-state index contributed by atoms with van der Waals surface area (Å²) in [4.78, 5) is 14.1. The van der Waals surface area contributed by atoms with Crippen molar-refractivity contribution < 1.29 is 4.79 Å². The minimum absolute atomic E-state index is 0.00458. The van der Waals surface area contributed by atoms with E-state index >= 15 is 0 Å². The second-order valence-electron chi connectivity index (χ2n) is 5.64. The third-order valence-corrected chi connectivity index (χ3v) is 4.27. The summed E-state index contributed by atoms with van der Waals surface area (Å²) in [6, 6.07) is 15.6. The second kappa shape index (κ2) is 8.48. The average Bonchev–Trinajstić information content (AvgIpc) is 2.47. The predicted molar refractivity (Wildman–Crippen MR) is 98.5 cm³/mol. The van der Waals surface area contributed by atoms with Crippen molar-refractivity contribution in [2.45, 2.75) is 19.5 Å². The number of amides is 1. The Morgan fingerprint density at radius 2 is 1.96 bits per heavy atom. The van der Waals surface area contributed by atoms with Crippen molar-refractivity contribution in [3.63, 3.8) is 0 Å². The molecule has 0 saturated heterocycles. The number of likely N-dealkylation sites (N-methyl/N-ethyl adjacent to an activating group) is 1. The lowest BCUT2D eigenvalue weighted by molar-refractivity contribution is -0.122. The molecular formula is C18H20BrClN2O. The fourth-order valence-corrected chi connectivity index (χ4v) is 2.85. The van der Waals surface area contributed by atoms with Gasteiger partial charge in [-0.15, -0.1) is 0 Å². The summed E-state index contributed by atoms with van der Waals surface area (Å²) in [6.07, 6.45) is 0. The lowest BCUT2D eigenvalue weighted by Gasteiger charge is -2.19. The van der Waals surface area contributed by atoms with Crippen LogP contribution >= 0.6 is 27.5 Å². The number of hydrogen-bond donors (Lipinski definition) is 1. The van der Waals surface area contributed by atoms with Crippen LogP contribution in [0.25, 0.3) is 0 Å². The molecule has 122 valence electrons. The van der Waals surface area contributed by atoms with Gasteiger partial charge in [0.25, 0.3) is 0 Å². The highest BCUT2D eigenvalue weighted by atomic mass is 79.9. The van der Waals surface area contributed by atoms with Crippen molar-refractivity contribution in [2.75, 3.05) is 13.6 Å². The highest BCUT2D eigenvalue weighted by Gasteiger charge is 2.12. The first-order valence-corrected chi connectivity index (χ1v) is 8.59. The molecule has 1 unspecified atom stereocenters. The van der Waals surface area contributed by atoms with Crippen molar-refractivity contribution in [3.05, 3.63) is 69.2 Å². The number of benzene rings is 2. The summed E-state index contributed by atoms with van der Waals surface area (Å²) in [6.45, 7) is 3.01. The van der Waals surface area contributed by atoms with Crippen molar-refractivity contribution in [1.82, 2.24) is 10.2 Å². The number of nitrogens with one attached hydrogen (secondary N) is 1. The van der Waals surface area contributed by atoms with Gasteiger partial charge in [-0.1, -0.05) is 51.8 Å². The van der Waals surface area contributed by atoms with Crippen LogP contribution in [0.1, 0.15) is 24.1 Å². The van der Waals surface area contributed by atoms with Gasteiger partial charge in [-0.05, 0) is 49.4 Å². The Hall–Kier alpha value is -1.36. The van der Waals surface area contributed by atoms with Gasteiger partial charge >= 0.3 is 0 Å². The Balaban J connectivity index is 1.85. The molecule has 0 fully saturated rings. The summed E-state index contributed by atoms with van der Waals surface area (Å²) >= 11 is 9.39. The maximum absolute atomic E-state index is 12.2. The van der Waals surface area contributed by atoms with Gasteiger partial charge in [0.1, 0.15) is 0 Å². The quantitative estimate of drug-likeness (QED) is 0.785. The largest absolute Gasteiger partial charge is 0.348 e. The Bertz CT molecular complexity index is 660. The van der Waals surface area contributed by atoms with Crippen LogP contribution < -0.4 is 5.32 Å². The minimum Gasteiger partial charge on any atom is -0.348 e. The number of rotatable bonds is 6. The van der Waals surface area contributed by atoms with Gasteiger partial charge in [-0.25, -0.2) is 0 Å². The van der Waals surface area contributed by atoms with Crippen LogP contribution in [-0.4, -0.2) is 24.4 Å². The number of halogens is 2. The van der Waals surface area contributed by atoms with E-state index in [0.717, 1.165) is 15.6 Å². The van der Waals surface area contributed by atoms with Crippen molar-refractivity contribution in [2.24, 2.45) is 0 Å². The Kier molecular flexibility index (Phi) is 6.63. The number of hydrogen-bond acceptors (Lipinski definition) is 2. The zero-order chi connectivity index (χ0) is 16.8. The molecule has 3 nitrogen and oxygen atoms in total. The lowest BCUT2D eigenvalue weighted by Crippen LogP contribution is -2.36. The lowest BCUT2D eigenvalue weighted by atomic mass is 10.1. The van der Waals surface area contributed by atoms with E-state index in [0.29, 0.717) is 18.1 Å². The van der Waals surface area contributed by atoms with Crippen molar-refractivity contribution >= 4 is 33.4 Å². The summed E-state index contributed by atoms with van der Waals surface area (Å²) in [5.41, 5.74) is 2.17. The van der Waals surface area contributed by atoms with Crippen molar-refractivity contribution in [3.8, 4) is 0 Å². The van der Waals surface area contributed by atoms with Gasteiger partial charge in [0.2, 0.25) is 5.91 Å². The first-order chi connectivity index (χ1) is 10.9. The maximum atomic E-state index is 12.2. The Labute approximate surface area is 150 Å². The summed E-state index contributed by atoms with van der Waals surface area (Å²) < 4.78 is 1.03. The molecule has 0 saturated carbocycles.